The average molecular weight is 232 g/mol. The second-order valence-electron chi connectivity index (χ2n) is 6.01. The molecule has 0 aromatic rings. The van der Waals surface area contributed by atoms with Gasteiger partial charge in [-0.1, -0.05) is 0 Å². The SMILES string of the molecule is CC1(C)OC(C)(C)OC(C)(C)OC(C)(C)O1. The summed E-state index contributed by atoms with van der Waals surface area (Å²) in [5.74, 6) is -3.04. The van der Waals surface area contributed by atoms with Gasteiger partial charge in [0.1, 0.15) is 0 Å². The molecule has 4 nitrogen and oxygen atoms in total. The fraction of sp³-hybridized carbons (Fsp3) is 1.00. The first-order chi connectivity index (χ1) is 6.83. The molecule has 0 aromatic heterocycles. The Balaban J connectivity index is 2.98. The van der Waals surface area contributed by atoms with E-state index >= 15 is 0 Å². The minimum absolute atomic E-state index is 0.760. The van der Waals surface area contributed by atoms with Gasteiger partial charge in [0.25, 0.3) is 0 Å². The summed E-state index contributed by atoms with van der Waals surface area (Å²) < 4.78 is 23.3. The lowest BCUT2D eigenvalue weighted by Crippen LogP contribution is -2.55. The lowest BCUT2D eigenvalue weighted by atomic mass is 10.2. The summed E-state index contributed by atoms with van der Waals surface area (Å²) in [5.41, 5.74) is 0. The summed E-state index contributed by atoms with van der Waals surface area (Å²) in [7, 11) is 0. The molecule has 0 amide bonds. The summed E-state index contributed by atoms with van der Waals surface area (Å²) in [6.45, 7) is 14.8. The standard InChI is InChI=1S/C12H24O4/c1-9(2)13-10(3,4)15-12(7,8)16-11(5,6)14-9/h1-8H3. The molecular weight excluding hydrogens is 208 g/mol. The molecule has 16 heavy (non-hydrogen) atoms. The molecule has 4 heteroatoms. The van der Waals surface area contributed by atoms with E-state index in [1.54, 1.807) is 0 Å². The zero-order chi connectivity index (χ0) is 12.8. The van der Waals surface area contributed by atoms with E-state index in [4.69, 9.17) is 18.9 Å². The molecule has 1 fully saturated rings. The molecular formula is C12H24O4. The Morgan fingerprint density at radius 3 is 0.625 bits per heavy atom. The van der Waals surface area contributed by atoms with Gasteiger partial charge in [-0.3, -0.25) is 0 Å². The quantitative estimate of drug-likeness (QED) is 0.643. The van der Waals surface area contributed by atoms with Crippen LogP contribution in [0.1, 0.15) is 55.4 Å². The predicted molar refractivity (Wildman–Crippen MR) is 60.7 cm³/mol. The first kappa shape index (κ1) is 13.9. The lowest BCUT2D eigenvalue weighted by molar-refractivity contribution is -0.483. The summed E-state index contributed by atoms with van der Waals surface area (Å²) in [6.07, 6.45) is 0. The van der Waals surface area contributed by atoms with Crippen LogP contribution < -0.4 is 0 Å². The molecule has 0 aliphatic carbocycles. The highest BCUT2D eigenvalue weighted by atomic mass is 16.9. The van der Waals surface area contributed by atoms with Crippen LogP contribution in [0.4, 0.5) is 0 Å². The van der Waals surface area contributed by atoms with E-state index in [9.17, 15) is 0 Å². The van der Waals surface area contributed by atoms with Crippen molar-refractivity contribution in [2.45, 2.75) is 78.5 Å². The molecule has 96 valence electrons. The maximum Gasteiger partial charge on any atom is 0.169 e. The van der Waals surface area contributed by atoms with Gasteiger partial charge in [0.05, 0.1) is 0 Å². The second-order valence-corrected chi connectivity index (χ2v) is 6.01. The van der Waals surface area contributed by atoms with Crippen molar-refractivity contribution in [3.05, 3.63) is 0 Å². The van der Waals surface area contributed by atoms with Gasteiger partial charge >= 0.3 is 0 Å². The van der Waals surface area contributed by atoms with Crippen molar-refractivity contribution in [3.8, 4) is 0 Å². The summed E-state index contributed by atoms with van der Waals surface area (Å²) in [5, 5.41) is 0. The zero-order valence-electron chi connectivity index (χ0n) is 11.6. The van der Waals surface area contributed by atoms with Crippen LogP contribution in [0.15, 0.2) is 0 Å². The number of ether oxygens (including phenoxy) is 4. The van der Waals surface area contributed by atoms with E-state index in [2.05, 4.69) is 0 Å². The van der Waals surface area contributed by atoms with Crippen LogP contribution in [0.25, 0.3) is 0 Å². The highest BCUT2D eigenvalue weighted by molar-refractivity contribution is 4.74. The Hall–Kier alpha value is -0.160. The minimum atomic E-state index is -0.760. The first-order valence-corrected chi connectivity index (χ1v) is 5.63. The fourth-order valence-corrected chi connectivity index (χ4v) is 2.45. The van der Waals surface area contributed by atoms with Crippen LogP contribution >= 0.6 is 0 Å². The Labute approximate surface area is 98.2 Å². The van der Waals surface area contributed by atoms with Gasteiger partial charge in [0.2, 0.25) is 0 Å². The Morgan fingerprint density at radius 2 is 0.500 bits per heavy atom. The molecule has 1 aliphatic rings. The van der Waals surface area contributed by atoms with E-state index in [0.717, 1.165) is 0 Å². The molecule has 0 radical (unpaired) electrons. The van der Waals surface area contributed by atoms with Crippen LogP contribution in [0.5, 0.6) is 0 Å². The third-order valence-corrected chi connectivity index (χ3v) is 1.97. The number of hydrogen-bond donors (Lipinski definition) is 0. The first-order valence-electron chi connectivity index (χ1n) is 5.63. The number of hydrogen-bond acceptors (Lipinski definition) is 4. The highest BCUT2D eigenvalue weighted by Gasteiger charge is 2.45. The van der Waals surface area contributed by atoms with Crippen molar-refractivity contribution < 1.29 is 18.9 Å². The average Bonchev–Trinajstić information content (AvgIpc) is 1.67. The van der Waals surface area contributed by atoms with Crippen molar-refractivity contribution in [1.29, 1.82) is 0 Å². The van der Waals surface area contributed by atoms with Gasteiger partial charge in [-0.15, -0.1) is 0 Å². The second kappa shape index (κ2) is 3.67. The molecule has 0 N–H and O–H groups in total. The monoisotopic (exact) mass is 232 g/mol. The largest absolute Gasteiger partial charge is 0.319 e. The van der Waals surface area contributed by atoms with Gasteiger partial charge in [-0.05, 0) is 55.4 Å². The van der Waals surface area contributed by atoms with Crippen LogP contribution in [0, 0.1) is 0 Å². The van der Waals surface area contributed by atoms with E-state index in [-0.39, 0.29) is 0 Å². The maximum atomic E-state index is 5.81. The lowest BCUT2D eigenvalue weighted by Gasteiger charge is -2.48. The molecule has 0 unspecified atom stereocenters. The molecule has 1 heterocycles. The van der Waals surface area contributed by atoms with Crippen LogP contribution in [-0.2, 0) is 18.9 Å². The summed E-state index contributed by atoms with van der Waals surface area (Å²) >= 11 is 0. The van der Waals surface area contributed by atoms with Crippen LogP contribution in [0.3, 0.4) is 0 Å². The van der Waals surface area contributed by atoms with Gasteiger partial charge in [0.15, 0.2) is 23.1 Å². The molecule has 1 rings (SSSR count). The van der Waals surface area contributed by atoms with Crippen molar-refractivity contribution in [1.82, 2.24) is 0 Å². The third kappa shape index (κ3) is 4.01. The molecule has 0 atom stereocenters. The fourth-order valence-electron chi connectivity index (χ4n) is 2.45. The zero-order valence-corrected chi connectivity index (χ0v) is 11.6. The normalized spacial score (nSPS) is 31.5. The molecule has 1 aliphatic heterocycles. The maximum absolute atomic E-state index is 5.81. The van der Waals surface area contributed by atoms with Gasteiger partial charge in [-0.2, -0.15) is 0 Å². The Morgan fingerprint density at radius 1 is 0.375 bits per heavy atom. The Kier molecular flexibility index (Phi) is 3.19. The predicted octanol–water partition coefficient (Wildman–Crippen LogP) is 3.01. The van der Waals surface area contributed by atoms with Crippen molar-refractivity contribution in [3.63, 3.8) is 0 Å². The van der Waals surface area contributed by atoms with Crippen molar-refractivity contribution >= 4 is 0 Å². The number of rotatable bonds is 0. The molecule has 1 saturated heterocycles. The van der Waals surface area contributed by atoms with E-state index in [0.29, 0.717) is 0 Å². The smallest absolute Gasteiger partial charge is 0.169 e. The van der Waals surface area contributed by atoms with E-state index in [1.807, 2.05) is 55.4 Å². The Bertz CT molecular complexity index is 194. The van der Waals surface area contributed by atoms with Crippen molar-refractivity contribution in [2.24, 2.45) is 0 Å². The van der Waals surface area contributed by atoms with E-state index in [1.165, 1.54) is 0 Å². The molecule has 0 spiro atoms. The topological polar surface area (TPSA) is 36.9 Å². The van der Waals surface area contributed by atoms with Crippen molar-refractivity contribution in [2.75, 3.05) is 0 Å². The molecule has 0 aromatic carbocycles. The molecule has 0 bridgehead atoms. The summed E-state index contributed by atoms with van der Waals surface area (Å²) in [4.78, 5) is 0. The summed E-state index contributed by atoms with van der Waals surface area (Å²) in [6, 6.07) is 0. The molecule has 0 saturated carbocycles. The minimum Gasteiger partial charge on any atom is -0.319 e. The van der Waals surface area contributed by atoms with Crippen LogP contribution in [0.2, 0.25) is 0 Å². The highest BCUT2D eigenvalue weighted by Crippen LogP contribution is 2.36. The van der Waals surface area contributed by atoms with Gasteiger partial charge in [-0.25, -0.2) is 0 Å². The van der Waals surface area contributed by atoms with E-state index < -0.39 is 23.1 Å². The van der Waals surface area contributed by atoms with Gasteiger partial charge < -0.3 is 18.9 Å². The van der Waals surface area contributed by atoms with Crippen LogP contribution in [-0.4, -0.2) is 23.1 Å². The van der Waals surface area contributed by atoms with Gasteiger partial charge in [0, 0.05) is 0 Å². The third-order valence-electron chi connectivity index (χ3n) is 1.97.